The number of hydrogen-bond donors (Lipinski definition) is 0. The standard InChI is InChI=1S/C12H25O3/c1-5-7-13-9-11(3)15-10-12(4)14-8-6-2/h6,11-12H,5,7-10H2,1-4H3. The number of hydrogen-bond acceptors (Lipinski definition) is 3. The summed E-state index contributed by atoms with van der Waals surface area (Å²) in [5, 5.41) is 0. The van der Waals surface area contributed by atoms with Crippen LogP contribution in [0.2, 0.25) is 0 Å². The minimum absolute atomic E-state index is 0.146. The van der Waals surface area contributed by atoms with E-state index in [0.29, 0.717) is 19.8 Å². The summed E-state index contributed by atoms with van der Waals surface area (Å²) in [6.07, 6.45) is 3.34. The topological polar surface area (TPSA) is 27.7 Å². The summed E-state index contributed by atoms with van der Waals surface area (Å²) in [5.74, 6) is 0. The molecule has 3 heteroatoms. The predicted octanol–water partition coefficient (Wildman–Crippen LogP) is 2.45. The summed E-state index contributed by atoms with van der Waals surface area (Å²) in [5.41, 5.74) is 0. The highest BCUT2D eigenvalue weighted by atomic mass is 16.6. The Hall–Kier alpha value is -0.120. The van der Waals surface area contributed by atoms with Crippen LogP contribution >= 0.6 is 0 Å². The van der Waals surface area contributed by atoms with Gasteiger partial charge in [-0.05, 0) is 26.7 Å². The lowest BCUT2D eigenvalue weighted by Crippen LogP contribution is -2.23. The first kappa shape index (κ1) is 14.9. The maximum Gasteiger partial charge on any atom is 0.0781 e. The highest BCUT2D eigenvalue weighted by molar-refractivity contribution is 4.57. The van der Waals surface area contributed by atoms with E-state index >= 15 is 0 Å². The van der Waals surface area contributed by atoms with Crippen molar-refractivity contribution in [2.45, 2.75) is 46.3 Å². The Bertz CT molecular complexity index is 128. The first-order valence-corrected chi connectivity index (χ1v) is 5.79. The highest BCUT2D eigenvalue weighted by Crippen LogP contribution is 1.98. The third kappa shape index (κ3) is 10.2. The second kappa shape index (κ2) is 10.4. The van der Waals surface area contributed by atoms with Crippen LogP contribution in [0.1, 0.15) is 34.1 Å². The SMILES string of the molecule is C[CH]COC(C)COC(C)COCCC. The zero-order chi connectivity index (χ0) is 11.5. The van der Waals surface area contributed by atoms with Crippen LogP contribution in [-0.4, -0.2) is 38.6 Å². The summed E-state index contributed by atoms with van der Waals surface area (Å²) < 4.78 is 16.4. The van der Waals surface area contributed by atoms with Crippen LogP contribution in [0.25, 0.3) is 0 Å². The van der Waals surface area contributed by atoms with Crippen LogP contribution in [0.3, 0.4) is 0 Å². The smallest absolute Gasteiger partial charge is 0.0781 e. The molecule has 15 heavy (non-hydrogen) atoms. The van der Waals surface area contributed by atoms with Gasteiger partial charge < -0.3 is 14.2 Å². The summed E-state index contributed by atoms with van der Waals surface area (Å²) in [6, 6.07) is 0. The van der Waals surface area contributed by atoms with Gasteiger partial charge in [0.25, 0.3) is 0 Å². The molecule has 0 amide bonds. The Morgan fingerprint density at radius 3 is 2.33 bits per heavy atom. The van der Waals surface area contributed by atoms with E-state index in [1.807, 2.05) is 27.2 Å². The first-order chi connectivity index (χ1) is 7.20. The van der Waals surface area contributed by atoms with Gasteiger partial charge in [0.2, 0.25) is 0 Å². The largest absolute Gasteiger partial charge is 0.379 e. The van der Waals surface area contributed by atoms with Gasteiger partial charge in [-0.3, -0.25) is 0 Å². The molecule has 3 nitrogen and oxygen atoms in total. The van der Waals surface area contributed by atoms with E-state index < -0.39 is 0 Å². The quantitative estimate of drug-likeness (QED) is 0.526. The van der Waals surface area contributed by atoms with Gasteiger partial charge in [-0.15, -0.1) is 0 Å². The van der Waals surface area contributed by atoms with Crippen LogP contribution in [0.15, 0.2) is 0 Å². The van der Waals surface area contributed by atoms with Crippen molar-refractivity contribution in [3.8, 4) is 0 Å². The van der Waals surface area contributed by atoms with Gasteiger partial charge in [-0.1, -0.05) is 13.8 Å². The lowest BCUT2D eigenvalue weighted by molar-refractivity contribution is -0.0533. The molecule has 0 bridgehead atoms. The second-order valence-corrected chi connectivity index (χ2v) is 3.77. The molecule has 0 rings (SSSR count). The minimum Gasteiger partial charge on any atom is -0.379 e. The average Bonchev–Trinajstić information content (AvgIpc) is 2.24. The fourth-order valence-corrected chi connectivity index (χ4v) is 1.05. The molecule has 1 radical (unpaired) electrons. The number of rotatable bonds is 10. The van der Waals surface area contributed by atoms with Gasteiger partial charge in [-0.25, -0.2) is 0 Å². The number of ether oxygens (including phenoxy) is 3. The Morgan fingerprint density at radius 2 is 1.73 bits per heavy atom. The second-order valence-electron chi connectivity index (χ2n) is 3.77. The molecule has 2 unspecified atom stereocenters. The fraction of sp³-hybridized carbons (Fsp3) is 0.917. The zero-order valence-electron chi connectivity index (χ0n) is 10.5. The molecule has 0 spiro atoms. The molecule has 2 atom stereocenters. The Morgan fingerprint density at radius 1 is 1.07 bits per heavy atom. The minimum atomic E-state index is 0.146. The van der Waals surface area contributed by atoms with E-state index in [2.05, 4.69) is 6.92 Å². The third-order valence-electron chi connectivity index (χ3n) is 1.86. The van der Waals surface area contributed by atoms with Crippen molar-refractivity contribution in [1.29, 1.82) is 0 Å². The molecule has 0 aromatic carbocycles. The van der Waals surface area contributed by atoms with E-state index in [1.165, 1.54) is 0 Å². The van der Waals surface area contributed by atoms with Crippen LogP contribution in [0.5, 0.6) is 0 Å². The van der Waals surface area contributed by atoms with Crippen molar-refractivity contribution in [2.75, 3.05) is 26.4 Å². The van der Waals surface area contributed by atoms with E-state index in [-0.39, 0.29) is 12.2 Å². The molecule has 91 valence electrons. The monoisotopic (exact) mass is 217 g/mol. The molecule has 0 aliphatic carbocycles. The first-order valence-electron chi connectivity index (χ1n) is 5.79. The van der Waals surface area contributed by atoms with Crippen molar-refractivity contribution >= 4 is 0 Å². The Labute approximate surface area is 94.1 Å². The van der Waals surface area contributed by atoms with Gasteiger partial charge in [0, 0.05) is 13.2 Å². The fourth-order valence-electron chi connectivity index (χ4n) is 1.05. The van der Waals surface area contributed by atoms with Crippen LogP contribution in [0, 0.1) is 6.42 Å². The van der Waals surface area contributed by atoms with Crippen LogP contribution < -0.4 is 0 Å². The highest BCUT2D eigenvalue weighted by Gasteiger charge is 2.06. The predicted molar refractivity (Wildman–Crippen MR) is 61.9 cm³/mol. The maximum atomic E-state index is 5.58. The van der Waals surface area contributed by atoms with Gasteiger partial charge in [0.05, 0.1) is 25.4 Å². The lowest BCUT2D eigenvalue weighted by atomic mass is 10.4. The lowest BCUT2D eigenvalue weighted by Gasteiger charge is -2.17. The molecule has 0 heterocycles. The molecule has 0 aromatic heterocycles. The summed E-state index contributed by atoms with van der Waals surface area (Å²) in [4.78, 5) is 0. The van der Waals surface area contributed by atoms with Crippen molar-refractivity contribution in [1.82, 2.24) is 0 Å². The van der Waals surface area contributed by atoms with E-state index in [4.69, 9.17) is 14.2 Å². The molecule has 0 aromatic rings. The molecule has 0 fully saturated rings. The van der Waals surface area contributed by atoms with Crippen molar-refractivity contribution in [3.05, 3.63) is 6.42 Å². The van der Waals surface area contributed by atoms with Gasteiger partial charge >= 0.3 is 0 Å². The summed E-state index contributed by atoms with van der Waals surface area (Å²) in [7, 11) is 0. The van der Waals surface area contributed by atoms with E-state index in [1.54, 1.807) is 0 Å². The van der Waals surface area contributed by atoms with Gasteiger partial charge in [-0.2, -0.15) is 0 Å². The van der Waals surface area contributed by atoms with Crippen LogP contribution in [-0.2, 0) is 14.2 Å². The average molecular weight is 217 g/mol. The molecule has 0 saturated heterocycles. The van der Waals surface area contributed by atoms with Gasteiger partial charge in [0.15, 0.2) is 0 Å². The van der Waals surface area contributed by atoms with E-state index in [9.17, 15) is 0 Å². The maximum absolute atomic E-state index is 5.58. The van der Waals surface area contributed by atoms with Gasteiger partial charge in [0.1, 0.15) is 0 Å². The normalized spacial score (nSPS) is 15.2. The van der Waals surface area contributed by atoms with Crippen molar-refractivity contribution in [3.63, 3.8) is 0 Å². The molecule has 0 saturated carbocycles. The summed E-state index contributed by atoms with van der Waals surface area (Å²) >= 11 is 0. The molecule has 0 N–H and O–H groups in total. The third-order valence-corrected chi connectivity index (χ3v) is 1.86. The molecule has 0 aliphatic heterocycles. The Balaban J connectivity index is 3.31. The van der Waals surface area contributed by atoms with Crippen LogP contribution in [0.4, 0.5) is 0 Å². The summed E-state index contributed by atoms with van der Waals surface area (Å²) in [6.45, 7) is 10.9. The molecular formula is C12H25O3. The van der Waals surface area contributed by atoms with E-state index in [0.717, 1.165) is 13.0 Å². The molecular weight excluding hydrogens is 192 g/mol. The zero-order valence-corrected chi connectivity index (χ0v) is 10.5. The molecule has 0 aliphatic rings. The Kier molecular flexibility index (Phi) is 10.3. The van der Waals surface area contributed by atoms with Crippen molar-refractivity contribution < 1.29 is 14.2 Å². The van der Waals surface area contributed by atoms with Crippen molar-refractivity contribution in [2.24, 2.45) is 0 Å².